The van der Waals surface area contributed by atoms with Crippen LogP contribution >= 0.6 is 0 Å². The number of quaternary nitrogens is 1. The van der Waals surface area contributed by atoms with Crippen LogP contribution in [0.5, 0.6) is 0 Å². The van der Waals surface area contributed by atoms with Gasteiger partial charge in [0.1, 0.15) is 11.9 Å². The smallest absolute Gasteiger partial charge is 0.323 e. The Morgan fingerprint density at radius 1 is 1.15 bits per heavy atom. The van der Waals surface area contributed by atoms with E-state index >= 15 is 0 Å². The van der Waals surface area contributed by atoms with Crippen molar-refractivity contribution in [3.63, 3.8) is 0 Å². The van der Waals surface area contributed by atoms with E-state index in [1.807, 2.05) is 19.2 Å². The molecule has 26 heavy (non-hydrogen) atoms. The molecule has 0 aromatic heterocycles. The molecule has 2 aromatic carbocycles. The van der Waals surface area contributed by atoms with E-state index in [1.165, 1.54) is 29.3 Å². The van der Waals surface area contributed by atoms with E-state index in [2.05, 4.69) is 22.8 Å². The van der Waals surface area contributed by atoms with E-state index < -0.39 is 11.8 Å². The number of likely N-dealkylation sites (N-methyl/N-ethyl adjacent to an activating group) is 1. The molecule has 0 aliphatic heterocycles. The van der Waals surface area contributed by atoms with Crippen molar-refractivity contribution in [1.82, 2.24) is 5.32 Å². The summed E-state index contributed by atoms with van der Waals surface area (Å²) in [5.74, 6) is -0.934. The molecular weight excluding hydrogens is 333 g/mol. The fourth-order valence-electron chi connectivity index (χ4n) is 3.53. The number of hydrogen-bond donors (Lipinski definition) is 3. The molecule has 0 bridgehead atoms. The summed E-state index contributed by atoms with van der Waals surface area (Å²) in [6, 6.07) is 13.6. The van der Waals surface area contributed by atoms with Gasteiger partial charge >= 0.3 is 6.03 Å². The molecule has 1 unspecified atom stereocenters. The number of hydrogen-bond acceptors (Lipinski definition) is 2. The van der Waals surface area contributed by atoms with Crippen LogP contribution in [0.25, 0.3) is 0 Å². The van der Waals surface area contributed by atoms with Crippen LogP contribution in [0.1, 0.15) is 30.0 Å². The third kappa shape index (κ3) is 4.26. The van der Waals surface area contributed by atoms with Crippen molar-refractivity contribution in [2.45, 2.75) is 25.3 Å². The number of anilines is 1. The number of halogens is 1. The van der Waals surface area contributed by atoms with E-state index in [-0.39, 0.29) is 24.2 Å². The molecular formula is C20H23FN3O2+. The van der Waals surface area contributed by atoms with Gasteiger partial charge in [-0.15, -0.1) is 0 Å². The molecule has 6 heteroatoms. The Morgan fingerprint density at radius 3 is 2.69 bits per heavy atom. The molecule has 0 saturated carbocycles. The first-order valence-electron chi connectivity index (χ1n) is 8.80. The summed E-state index contributed by atoms with van der Waals surface area (Å²) in [6.45, 7) is 0.170. The van der Waals surface area contributed by atoms with Crippen molar-refractivity contribution in [2.24, 2.45) is 0 Å². The highest BCUT2D eigenvalue weighted by Gasteiger charge is 2.28. The minimum atomic E-state index is -0.725. The predicted octanol–water partition coefficient (Wildman–Crippen LogP) is 2.07. The average molecular weight is 356 g/mol. The quantitative estimate of drug-likeness (QED) is 0.785. The average Bonchev–Trinajstić information content (AvgIpc) is 2.63. The minimum absolute atomic E-state index is 0.0414. The highest BCUT2D eigenvalue weighted by Crippen LogP contribution is 2.27. The first kappa shape index (κ1) is 18.1. The summed E-state index contributed by atoms with van der Waals surface area (Å²) in [5, 5.41) is 4.63. The van der Waals surface area contributed by atoms with E-state index in [0.717, 1.165) is 24.2 Å². The molecule has 0 fully saturated rings. The zero-order valence-corrected chi connectivity index (χ0v) is 14.7. The van der Waals surface area contributed by atoms with E-state index in [0.29, 0.717) is 0 Å². The number of benzene rings is 2. The summed E-state index contributed by atoms with van der Waals surface area (Å²) in [7, 11) is 1.96. The van der Waals surface area contributed by atoms with Gasteiger partial charge in [0.2, 0.25) is 0 Å². The monoisotopic (exact) mass is 356 g/mol. The topological polar surface area (TPSA) is 62.6 Å². The van der Waals surface area contributed by atoms with Crippen LogP contribution in [-0.4, -0.2) is 25.5 Å². The Balaban J connectivity index is 1.57. The van der Waals surface area contributed by atoms with Gasteiger partial charge in [0.15, 0.2) is 6.54 Å². The van der Waals surface area contributed by atoms with Gasteiger partial charge in [-0.1, -0.05) is 36.4 Å². The molecule has 3 N–H and O–H groups in total. The van der Waals surface area contributed by atoms with Crippen LogP contribution < -0.4 is 15.5 Å². The lowest BCUT2D eigenvalue weighted by Crippen LogP contribution is -3.10. The van der Waals surface area contributed by atoms with Crippen molar-refractivity contribution in [1.29, 1.82) is 0 Å². The molecule has 1 aliphatic carbocycles. The predicted molar refractivity (Wildman–Crippen MR) is 97.4 cm³/mol. The largest absolute Gasteiger partial charge is 0.326 e. The summed E-state index contributed by atoms with van der Waals surface area (Å²) >= 11 is 0. The maximum atomic E-state index is 13.5. The molecule has 0 spiro atoms. The second kappa shape index (κ2) is 8.10. The Kier molecular flexibility index (Phi) is 5.63. The summed E-state index contributed by atoms with van der Waals surface area (Å²) < 4.78 is 13.5. The number of urea groups is 1. The molecule has 0 radical (unpaired) electrons. The maximum absolute atomic E-state index is 13.5. The Bertz CT molecular complexity index is 809. The Labute approximate surface area is 152 Å². The van der Waals surface area contributed by atoms with Gasteiger partial charge in [0.25, 0.3) is 5.91 Å². The number of imide groups is 1. The molecule has 2 atom stereocenters. The first-order valence-corrected chi connectivity index (χ1v) is 8.80. The molecule has 0 heterocycles. The highest BCUT2D eigenvalue weighted by molar-refractivity contribution is 6.01. The fourth-order valence-corrected chi connectivity index (χ4v) is 3.53. The summed E-state index contributed by atoms with van der Waals surface area (Å²) in [4.78, 5) is 25.2. The zero-order chi connectivity index (χ0) is 18.5. The molecule has 5 nitrogen and oxygen atoms in total. The number of nitrogens with one attached hydrogen (secondary N) is 3. The number of amides is 3. The second-order valence-corrected chi connectivity index (χ2v) is 6.65. The second-order valence-electron chi connectivity index (χ2n) is 6.65. The van der Waals surface area contributed by atoms with E-state index in [4.69, 9.17) is 0 Å². The molecule has 136 valence electrons. The molecule has 1 aliphatic rings. The third-order valence-electron chi connectivity index (χ3n) is 4.78. The van der Waals surface area contributed by atoms with Gasteiger partial charge in [-0.05, 0) is 30.5 Å². The van der Waals surface area contributed by atoms with Gasteiger partial charge in [-0.3, -0.25) is 10.1 Å². The highest BCUT2D eigenvalue weighted by atomic mass is 19.1. The lowest BCUT2D eigenvalue weighted by Gasteiger charge is -2.30. The normalized spacial score (nSPS) is 17.1. The van der Waals surface area contributed by atoms with Gasteiger partial charge in [0.05, 0.1) is 12.7 Å². The van der Waals surface area contributed by atoms with Crippen molar-refractivity contribution in [2.75, 3.05) is 18.9 Å². The van der Waals surface area contributed by atoms with Gasteiger partial charge < -0.3 is 10.2 Å². The standard InChI is InChI=1S/C20H22FN3O2/c1-24(18-12-6-8-14-7-2-3-9-15(14)18)13-19(25)23-20(26)22-17-11-5-4-10-16(17)21/h2-5,7,9-11,18H,6,8,12-13H2,1H3,(H2,22,23,25,26)/p+1/t18-/m0/s1. The number of carbonyl (C=O) groups is 2. The zero-order valence-electron chi connectivity index (χ0n) is 14.7. The van der Waals surface area contributed by atoms with Crippen LogP contribution in [0.2, 0.25) is 0 Å². The van der Waals surface area contributed by atoms with Crippen LogP contribution in [0.3, 0.4) is 0 Å². The van der Waals surface area contributed by atoms with Gasteiger partial charge in [-0.2, -0.15) is 0 Å². The Morgan fingerprint density at radius 2 is 1.88 bits per heavy atom. The van der Waals surface area contributed by atoms with Crippen LogP contribution in [0.15, 0.2) is 48.5 Å². The SMILES string of the molecule is C[NH+](CC(=O)NC(=O)Nc1ccccc1F)[C@H]1CCCc2ccccc21. The van der Waals surface area contributed by atoms with Crippen molar-refractivity contribution in [3.05, 3.63) is 65.5 Å². The summed E-state index contributed by atoms with van der Waals surface area (Å²) in [6.07, 6.45) is 3.17. The van der Waals surface area contributed by atoms with E-state index in [1.54, 1.807) is 6.07 Å². The van der Waals surface area contributed by atoms with Crippen LogP contribution in [0.4, 0.5) is 14.9 Å². The molecule has 3 amide bonds. The fraction of sp³-hybridized carbons (Fsp3) is 0.300. The molecule has 3 rings (SSSR count). The molecule has 0 saturated heterocycles. The van der Waals surface area contributed by atoms with E-state index in [9.17, 15) is 14.0 Å². The van der Waals surface area contributed by atoms with Crippen molar-refractivity contribution in [3.8, 4) is 0 Å². The van der Waals surface area contributed by atoms with Crippen LogP contribution in [-0.2, 0) is 11.2 Å². The number of para-hydroxylation sites is 1. The lowest BCUT2D eigenvalue weighted by atomic mass is 9.87. The summed E-state index contributed by atoms with van der Waals surface area (Å²) in [5.41, 5.74) is 2.65. The molecule has 2 aromatic rings. The van der Waals surface area contributed by atoms with Gasteiger partial charge in [-0.25, -0.2) is 9.18 Å². The van der Waals surface area contributed by atoms with Crippen molar-refractivity contribution < 1.29 is 18.9 Å². The lowest BCUT2D eigenvalue weighted by molar-refractivity contribution is -0.905. The maximum Gasteiger partial charge on any atom is 0.326 e. The van der Waals surface area contributed by atoms with Crippen molar-refractivity contribution >= 4 is 17.6 Å². The number of carbonyl (C=O) groups excluding carboxylic acids is 2. The third-order valence-corrected chi connectivity index (χ3v) is 4.78. The number of aryl methyl sites for hydroxylation is 1. The first-order chi connectivity index (χ1) is 12.5. The van der Waals surface area contributed by atoms with Crippen LogP contribution in [0, 0.1) is 5.82 Å². The van der Waals surface area contributed by atoms with Gasteiger partial charge in [0, 0.05) is 12.0 Å². The number of fused-ring (bicyclic) bond motifs is 1. The Hall–Kier alpha value is -2.73. The minimum Gasteiger partial charge on any atom is -0.323 e. The number of rotatable bonds is 4.